The third-order valence-electron chi connectivity index (χ3n) is 4.93. The number of aliphatic hydroxyl groups is 1. The van der Waals surface area contributed by atoms with Gasteiger partial charge in [0.2, 0.25) is 11.3 Å². The molecule has 1 fully saturated rings. The highest BCUT2D eigenvalue weighted by Crippen LogP contribution is 2.28. The van der Waals surface area contributed by atoms with Gasteiger partial charge in [0.05, 0.1) is 11.6 Å². The number of carbonyl (C=O) groups excluding carboxylic acids is 2. The number of allylic oxidation sites excluding steroid dienone is 1. The lowest BCUT2D eigenvalue weighted by Crippen LogP contribution is -2.41. The van der Waals surface area contributed by atoms with Crippen molar-refractivity contribution in [3.63, 3.8) is 0 Å². The van der Waals surface area contributed by atoms with E-state index in [0.29, 0.717) is 5.57 Å². The predicted octanol–water partition coefficient (Wildman–Crippen LogP) is 1.37. The van der Waals surface area contributed by atoms with E-state index in [-0.39, 0.29) is 35.5 Å². The minimum atomic E-state index is -1.01. The number of amides is 2. The van der Waals surface area contributed by atoms with Crippen LogP contribution in [0.5, 0.6) is 0 Å². The molecule has 0 aliphatic heterocycles. The van der Waals surface area contributed by atoms with Crippen LogP contribution in [0.15, 0.2) is 40.3 Å². The Labute approximate surface area is 160 Å². The van der Waals surface area contributed by atoms with Crippen LogP contribution in [0, 0.1) is 5.82 Å². The van der Waals surface area contributed by atoms with Crippen molar-refractivity contribution < 1.29 is 19.1 Å². The number of benzene rings is 1. The molecule has 2 amide bonds. The van der Waals surface area contributed by atoms with E-state index in [1.807, 2.05) is 0 Å². The maximum atomic E-state index is 13.7. The summed E-state index contributed by atoms with van der Waals surface area (Å²) in [6.07, 6.45) is 3.09. The Morgan fingerprint density at radius 2 is 1.96 bits per heavy atom. The third-order valence-corrected chi connectivity index (χ3v) is 4.93. The second-order valence-corrected chi connectivity index (χ2v) is 6.85. The fraction of sp³-hybridized carbons (Fsp3) is 0.350. The van der Waals surface area contributed by atoms with Crippen molar-refractivity contribution in [1.82, 2.24) is 15.6 Å². The van der Waals surface area contributed by atoms with E-state index in [2.05, 4.69) is 15.6 Å². The van der Waals surface area contributed by atoms with Gasteiger partial charge in [0, 0.05) is 30.2 Å². The lowest BCUT2D eigenvalue weighted by Gasteiger charge is -2.20. The number of aromatic nitrogens is 1. The zero-order chi connectivity index (χ0) is 20.3. The first-order chi connectivity index (χ1) is 13.4. The van der Waals surface area contributed by atoms with Gasteiger partial charge in [-0.2, -0.15) is 0 Å². The van der Waals surface area contributed by atoms with E-state index >= 15 is 0 Å². The summed E-state index contributed by atoms with van der Waals surface area (Å²) < 4.78 is 13.7. The van der Waals surface area contributed by atoms with E-state index < -0.39 is 23.3 Å². The highest BCUT2D eigenvalue weighted by molar-refractivity contribution is 5.97. The molecule has 1 aromatic carbocycles. The molecule has 0 saturated heterocycles. The number of pyridine rings is 1. The summed E-state index contributed by atoms with van der Waals surface area (Å²) in [4.78, 5) is 39.2. The highest BCUT2D eigenvalue weighted by atomic mass is 19.1. The molecule has 1 aliphatic carbocycles. The van der Waals surface area contributed by atoms with Crippen LogP contribution < -0.4 is 16.1 Å². The number of nitrogens with one attached hydrogen (secondary N) is 3. The van der Waals surface area contributed by atoms with Crippen molar-refractivity contribution in [3.8, 4) is 0 Å². The molecule has 8 heteroatoms. The van der Waals surface area contributed by atoms with Gasteiger partial charge in [-0.15, -0.1) is 0 Å². The smallest absolute Gasteiger partial charge is 0.256 e. The molecule has 1 saturated carbocycles. The summed E-state index contributed by atoms with van der Waals surface area (Å²) in [5.41, 5.74) is 1.06. The summed E-state index contributed by atoms with van der Waals surface area (Å²) in [6, 6.07) is 4.03. The van der Waals surface area contributed by atoms with Crippen LogP contribution >= 0.6 is 0 Å². The second kappa shape index (κ2) is 8.35. The highest BCUT2D eigenvalue weighted by Gasteiger charge is 2.18. The first kappa shape index (κ1) is 19.8. The van der Waals surface area contributed by atoms with E-state index in [0.717, 1.165) is 31.0 Å². The van der Waals surface area contributed by atoms with Crippen molar-refractivity contribution in [2.45, 2.75) is 32.3 Å². The molecule has 1 unspecified atom stereocenters. The Morgan fingerprint density at radius 3 is 2.64 bits per heavy atom. The summed E-state index contributed by atoms with van der Waals surface area (Å²) in [5.74, 6) is -1.50. The molecule has 28 heavy (non-hydrogen) atoms. The van der Waals surface area contributed by atoms with Crippen molar-refractivity contribution in [2.75, 3.05) is 13.1 Å². The Morgan fingerprint density at radius 1 is 1.25 bits per heavy atom. The number of halogens is 1. The number of hydrogen-bond donors (Lipinski definition) is 4. The van der Waals surface area contributed by atoms with Gasteiger partial charge in [-0.1, -0.05) is 11.6 Å². The molecule has 7 nitrogen and oxygen atoms in total. The van der Waals surface area contributed by atoms with Gasteiger partial charge in [0.15, 0.2) is 0 Å². The average molecular weight is 387 g/mol. The van der Waals surface area contributed by atoms with Gasteiger partial charge in [0.25, 0.3) is 5.91 Å². The van der Waals surface area contributed by atoms with Crippen molar-refractivity contribution in [3.05, 3.63) is 57.1 Å². The molecule has 4 N–H and O–H groups in total. The molecule has 0 spiro atoms. The number of rotatable bonds is 6. The number of H-pyrrole nitrogens is 1. The van der Waals surface area contributed by atoms with Crippen LogP contribution in [0.1, 0.15) is 36.5 Å². The standard InChI is InChI=1S/C20H22FN3O4/c1-11(12-4-2-5-12)19(27)23-8-13(25)9-24-20(28)15-10-22-17-14(18(15)26)6-3-7-16(17)21/h3,6-7,10,13,25H,2,4-5,8-9H2,1H3,(H,22,26)(H,23,27)(H,24,28). The Balaban J connectivity index is 1.56. The van der Waals surface area contributed by atoms with Gasteiger partial charge in [-0.25, -0.2) is 4.39 Å². The van der Waals surface area contributed by atoms with Crippen LogP contribution in [-0.4, -0.2) is 41.1 Å². The summed E-state index contributed by atoms with van der Waals surface area (Å²) in [5, 5.41) is 15.1. The minimum Gasteiger partial charge on any atom is -0.389 e. The molecular weight excluding hydrogens is 365 g/mol. The molecule has 1 heterocycles. The molecule has 1 atom stereocenters. The predicted molar refractivity (Wildman–Crippen MR) is 102 cm³/mol. The fourth-order valence-electron chi connectivity index (χ4n) is 2.99. The fourth-order valence-corrected chi connectivity index (χ4v) is 2.99. The Bertz CT molecular complexity index is 1010. The summed E-state index contributed by atoms with van der Waals surface area (Å²) in [7, 11) is 0. The van der Waals surface area contributed by atoms with Crippen LogP contribution in [0.4, 0.5) is 4.39 Å². The molecule has 0 radical (unpaired) electrons. The lowest BCUT2D eigenvalue weighted by atomic mass is 9.88. The van der Waals surface area contributed by atoms with Gasteiger partial charge in [-0.3, -0.25) is 14.4 Å². The van der Waals surface area contributed by atoms with Crippen LogP contribution in [0.3, 0.4) is 0 Å². The van der Waals surface area contributed by atoms with Crippen molar-refractivity contribution >= 4 is 22.7 Å². The third kappa shape index (κ3) is 4.12. The van der Waals surface area contributed by atoms with E-state index in [9.17, 15) is 23.9 Å². The Hall–Kier alpha value is -3.00. The van der Waals surface area contributed by atoms with Crippen LogP contribution in [-0.2, 0) is 4.79 Å². The summed E-state index contributed by atoms with van der Waals surface area (Å²) >= 11 is 0. The number of aliphatic hydroxyl groups excluding tert-OH is 1. The average Bonchev–Trinajstić information content (AvgIpc) is 2.63. The molecule has 148 valence electrons. The quantitative estimate of drug-likeness (QED) is 0.561. The number of para-hydroxylation sites is 1. The molecular formula is C20H22FN3O4. The first-order valence-electron chi connectivity index (χ1n) is 9.11. The molecule has 2 aromatic rings. The second-order valence-electron chi connectivity index (χ2n) is 6.85. The summed E-state index contributed by atoms with van der Waals surface area (Å²) in [6.45, 7) is 1.59. The maximum Gasteiger partial charge on any atom is 0.256 e. The van der Waals surface area contributed by atoms with Crippen molar-refractivity contribution in [1.29, 1.82) is 0 Å². The maximum absolute atomic E-state index is 13.7. The topological polar surface area (TPSA) is 111 Å². The number of fused-ring (bicyclic) bond motifs is 1. The van der Waals surface area contributed by atoms with Gasteiger partial charge in [0.1, 0.15) is 11.4 Å². The van der Waals surface area contributed by atoms with E-state index in [4.69, 9.17) is 0 Å². The van der Waals surface area contributed by atoms with Gasteiger partial charge < -0.3 is 20.7 Å². The SMILES string of the molecule is CC(C(=O)NCC(O)CNC(=O)c1c[nH]c2c(F)cccc2c1=O)=C1CCC1. The first-order valence-corrected chi connectivity index (χ1v) is 9.11. The van der Waals surface area contributed by atoms with E-state index in [1.54, 1.807) is 6.92 Å². The minimum absolute atomic E-state index is 0.0248. The van der Waals surface area contributed by atoms with Crippen molar-refractivity contribution in [2.24, 2.45) is 0 Å². The monoisotopic (exact) mass is 387 g/mol. The normalized spacial score (nSPS) is 14.3. The van der Waals surface area contributed by atoms with Gasteiger partial charge in [-0.05, 0) is 38.3 Å². The van der Waals surface area contributed by atoms with Crippen LogP contribution in [0.25, 0.3) is 10.9 Å². The molecule has 3 rings (SSSR count). The zero-order valence-corrected chi connectivity index (χ0v) is 15.5. The lowest BCUT2D eigenvalue weighted by molar-refractivity contribution is -0.118. The van der Waals surface area contributed by atoms with Crippen LogP contribution in [0.2, 0.25) is 0 Å². The molecule has 0 bridgehead atoms. The number of aromatic amines is 1. The number of hydrogen-bond acceptors (Lipinski definition) is 4. The largest absolute Gasteiger partial charge is 0.389 e. The zero-order valence-electron chi connectivity index (χ0n) is 15.5. The Kier molecular flexibility index (Phi) is 5.89. The van der Waals surface area contributed by atoms with Gasteiger partial charge >= 0.3 is 0 Å². The number of carbonyl (C=O) groups is 2. The molecule has 1 aromatic heterocycles. The molecule has 1 aliphatic rings. The van der Waals surface area contributed by atoms with E-state index in [1.165, 1.54) is 18.2 Å².